The number of ether oxygens (including phenoxy) is 1. The van der Waals surface area contributed by atoms with E-state index in [1.807, 2.05) is 0 Å². The first kappa shape index (κ1) is 13.4. The second kappa shape index (κ2) is 3.53. The fraction of sp³-hybridized carbons (Fsp3) is 0.143. The summed E-state index contributed by atoms with van der Waals surface area (Å²) < 4.78 is 10.0. The summed E-state index contributed by atoms with van der Waals surface area (Å²) in [5.74, 6) is -8.25. The molecule has 10 heteroatoms. The summed E-state index contributed by atoms with van der Waals surface area (Å²) >= 11 is 0. The van der Waals surface area contributed by atoms with E-state index in [-0.39, 0.29) is 22.1 Å². The molecule has 1 aromatic carbocycles. The Bertz CT molecular complexity index is 1080. The highest BCUT2D eigenvalue weighted by Crippen LogP contribution is 2.59. The third-order valence-electron chi connectivity index (χ3n) is 4.31. The molecule has 2 unspecified atom stereocenters. The van der Waals surface area contributed by atoms with Crippen LogP contribution in [0.15, 0.2) is 21.0 Å². The van der Waals surface area contributed by atoms with Gasteiger partial charge in [-0.1, -0.05) is 0 Å². The number of phenols is 2. The van der Waals surface area contributed by atoms with Crippen molar-refractivity contribution in [3.8, 4) is 11.5 Å². The Balaban J connectivity index is 2.09. The predicted octanol–water partition coefficient (Wildman–Crippen LogP) is 0.0903. The number of phenolic OH excluding ortho intramolecular Hbond substituents is 2. The molecule has 24 heavy (non-hydrogen) atoms. The van der Waals surface area contributed by atoms with Crippen LogP contribution in [-0.2, 0) is 20.3 Å². The fourth-order valence-corrected chi connectivity index (χ4v) is 3.18. The molecule has 0 saturated carbocycles. The standard InChI is InChI=1S/C14H6O10/c15-5-1-3-7-8-4(11(18)21-10(7)9(5)17)2-6(16)13(20)14(8,24-23-13)22-12(3)19/h1-2,15-17,20H. The van der Waals surface area contributed by atoms with Gasteiger partial charge in [-0.05, 0) is 12.1 Å². The molecule has 2 atom stereocenters. The first-order valence-corrected chi connectivity index (χ1v) is 6.60. The van der Waals surface area contributed by atoms with Gasteiger partial charge in [-0.2, -0.15) is 9.78 Å². The van der Waals surface area contributed by atoms with E-state index in [0.29, 0.717) is 0 Å². The van der Waals surface area contributed by atoms with E-state index in [1.165, 1.54) is 0 Å². The molecular weight excluding hydrogens is 328 g/mol. The lowest BCUT2D eigenvalue weighted by molar-refractivity contribution is -0.651. The van der Waals surface area contributed by atoms with Crippen LogP contribution < -0.4 is 5.63 Å². The van der Waals surface area contributed by atoms with E-state index in [9.17, 15) is 30.0 Å². The number of aliphatic hydroxyl groups excluding tert-OH is 1. The van der Waals surface area contributed by atoms with Crippen molar-refractivity contribution < 1.29 is 44.1 Å². The minimum Gasteiger partial charge on any atom is -0.506 e. The average Bonchev–Trinajstić information content (AvgIpc) is 2.53. The summed E-state index contributed by atoms with van der Waals surface area (Å²) in [5, 5.41) is 39.9. The maximum Gasteiger partial charge on any atom is 0.344 e. The molecule has 0 bridgehead atoms. The second-order valence-corrected chi connectivity index (χ2v) is 5.52. The normalized spacial score (nSPS) is 29.5. The molecule has 0 amide bonds. The van der Waals surface area contributed by atoms with Crippen molar-refractivity contribution in [3.63, 3.8) is 0 Å². The molecular formula is C14H6O10. The molecule has 1 aromatic heterocycles. The number of aliphatic hydroxyl groups is 2. The quantitative estimate of drug-likeness (QED) is 0.225. The van der Waals surface area contributed by atoms with Crippen LogP contribution in [0.25, 0.3) is 17.0 Å². The fourth-order valence-electron chi connectivity index (χ4n) is 3.18. The monoisotopic (exact) mass is 334 g/mol. The summed E-state index contributed by atoms with van der Waals surface area (Å²) in [7, 11) is 0. The molecule has 2 aromatic rings. The molecule has 1 spiro atoms. The van der Waals surface area contributed by atoms with Gasteiger partial charge in [0.1, 0.15) is 0 Å². The van der Waals surface area contributed by atoms with Crippen molar-refractivity contribution in [3.05, 3.63) is 38.9 Å². The lowest BCUT2D eigenvalue weighted by atomic mass is 9.80. The van der Waals surface area contributed by atoms with Crippen LogP contribution in [0.4, 0.5) is 0 Å². The van der Waals surface area contributed by atoms with Crippen LogP contribution in [0.2, 0.25) is 0 Å². The van der Waals surface area contributed by atoms with Gasteiger partial charge in [0.05, 0.1) is 16.7 Å². The summed E-state index contributed by atoms with van der Waals surface area (Å²) in [6, 6.07) is 0.921. The molecule has 0 radical (unpaired) electrons. The minimum atomic E-state index is -2.55. The van der Waals surface area contributed by atoms with E-state index in [4.69, 9.17) is 14.0 Å². The molecule has 2 aliphatic heterocycles. The SMILES string of the molecule is O=C1OC23OOC2(O)C(O)=Cc2c3c3c1cc(O)c(O)c3oc2=O. The number of hydrogen-bond acceptors (Lipinski definition) is 10. The molecule has 4 N–H and O–H groups in total. The molecule has 1 fully saturated rings. The van der Waals surface area contributed by atoms with Gasteiger partial charge in [0.2, 0.25) is 5.75 Å². The van der Waals surface area contributed by atoms with Gasteiger partial charge in [-0.25, -0.2) is 9.59 Å². The van der Waals surface area contributed by atoms with Gasteiger partial charge in [0.25, 0.3) is 0 Å². The predicted molar refractivity (Wildman–Crippen MR) is 70.6 cm³/mol. The molecule has 3 heterocycles. The Morgan fingerprint density at radius 2 is 1.83 bits per heavy atom. The highest BCUT2D eigenvalue weighted by molar-refractivity contribution is 6.10. The zero-order valence-corrected chi connectivity index (χ0v) is 11.4. The first-order chi connectivity index (χ1) is 11.3. The number of carbonyl (C=O) groups excluding carboxylic acids is 1. The molecule has 122 valence electrons. The van der Waals surface area contributed by atoms with Crippen molar-refractivity contribution in [1.82, 2.24) is 0 Å². The van der Waals surface area contributed by atoms with Gasteiger partial charge in [-0.3, -0.25) is 0 Å². The van der Waals surface area contributed by atoms with Crippen molar-refractivity contribution in [2.24, 2.45) is 0 Å². The Hall–Kier alpha value is -3.08. The average molecular weight is 334 g/mol. The van der Waals surface area contributed by atoms with Crippen LogP contribution in [0.1, 0.15) is 21.5 Å². The van der Waals surface area contributed by atoms with Crippen LogP contribution in [0.3, 0.4) is 0 Å². The lowest BCUT2D eigenvalue weighted by Gasteiger charge is -2.53. The number of carbonyl (C=O) groups is 1. The first-order valence-electron chi connectivity index (χ1n) is 6.60. The number of aromatic hydroxyl groups is 2. The third kappa shape index (κ3) is 1.11. The van der Waals surface area contributed by atoms with Gasteiger partial charge in [-0.15, -0.1) is 0 Å². The van der Waals surface area contributed by atoms with Gasteiger partial charge in [0, 0.05) is 5.39 Å². The summed E-state index contributed by atoms with van der Waals surface area (Å²) in [4.78, 5) is 33.8. The maximum atomic E-state index is 12.3. The van der Waals surface area contributed by atoms with Crippen LogP contribution in [-0.4, -0.2) is 32.2 Å². The number of rotatable bonds is 0. The molecule has 1 aliphatic carbocycles. The number of esters is 1. The van der Waals surface area contributed by atoms with Crippen molar-refractivity contribution in [2.75, 3.05) is 0 Å². The summed E-state index contributed by atoms with van der Waals surface area (Å²) in [6.45, 7) is 0. The molecule has 1 saturated heterocycles. The topological polar surface area (TPSA) is 156 Å². The zero-order valence-electron chi connectivity index (χ0n) is 11.4. The van der Waals surface area contributed by atoms with E-state index in [1.54, 1.807) is 0 Å². The minimum absolute atomic E-state index is 0.110. The Labute approximate surface area is 130 Å². The third-order valence-corrected chi connectivity index (χ3v) is 4.31. The lowest BCUT2D eigenvalue weighted by Crippen LogP contribution is -2.70. The van der Waals surface area contributed by atoms with Crippen molar-refractivity contribution >= 4 is 23.0 Å². The van der Waals surface area contributed by atoms with E-state index in [2.05, 4.69) is 4.89 Å². The van der Waals surface area contributed by atoms with Gasteiger partial charge in [0.15, 0.2) is 17.1 Å². The maximum absolute atomic E-state index is 12.3. The Kier molecular flexibility index (Phi) is 1.97. The highest BCUT2D eigenvalue weighted by Gasteiger charge is 2.75. The van der Waals surface area contributed by atoms with Crippen LogP contribution in [0, 0.1) is 0 Å². The van der Waals surface area contributed by atoms with Gasteiger partial charge >= 0.3 is 23.2 Å². The van der Waals surface area contributed by atoms with Crippen molar-refractivity contribution in [1.29, 1.82) is 0 Å². The van der Waals surface area contributed by atoms with E-state index >= 15 is 0 Å². The largest absolute Gasteiger partial charge is 0.506 e. The number of hydrogen-bond donors (Lipinski definition) is 4. The Morgan fingerprint density at radius 3 is 2.50 bits per heavy atom. The van der Waals surface area contributed by atoms with E-state index in [0.717, 1.165) is 12.1 Å². The smallest absolute Gasteiger partial charge is 0.344 e. The Morgan fingerprint density at radius 1 is 1.08 bits per heavy atom. The van der Waals surface area contributed by atoms with Crippen LogP contribution in [0.5, 0.6) is 11.5 Å². The highest BCUT2D eigenvalue weighted by atomic mass is 17.3. The number of benzene rings is 1. The molecule has 10 nitrogen and oxygen atoms in total. The summed E-state index contributed by atoms with van der Waals surface area (Å²) in [6.07, 6.45) is 0.883. The van der Waals surface area contributed by atoms with Crippen LogP contribution >= 0.6 is 0 Å². The zero-order chi connectivity index (χ0) is 17.0. The molecule has 3 aliphatic rings. The summed E-state index contributed by atoms with van der Waals surface area (Å²) in [5.41, 5.74) is -2.15. The second-order valence-electron chi connectivity index (χ2n) is 5.52. The van der Waals surface area contributed by atoms with Crippen molar-refractivity contribution in [2.45, 2.75) is 11.6 Å². The van der Waals surface area contributed by atoms with Gasteiger partial charge < -0.3 is 29.6 Å². The van der Waals surface area contributed by atoms with E-state index < -0.39 is 46.0 Å². The molecule has 5 rings (SSSR count).